The van der Waals surface area contributed by atoms with Crippen molar-refractivity contribution in [3.63, 3.8) is 0 Å². The zero-order valence-electron chi connectivity index (χ0n) is 19.3. The first-order valence-electron chi connectivity index (χ1n) is 11.1. The van der Waals surface area contributed by atoms with E-state index in [1.807, 2.05) is 62.6 Å². The summed E-state index contributed by atoms with van der Waals surface area (Å²) in [7, 11) is 4.04. The third-order valence-corrected chi connectivity index (χ3v) is 5.18. The Morgan fingerprint density at radius 2 is 1.70 bits per heavy atom. The number of hydrogen-bond donors (Lipinski definition) is 2. The molecule has 6 heteroatoms. The zero-order valence-corrected chi connectivity index (χ0v) is 19.3. The lowest BCUT2D eigenvalue weighted by atomic mass is 10.0. The van der Waals surface area contributed by atoms with Gasteiger partial charge in [-0.3, -0.25) is 15.1 Å². The minimum atomic E-state index is -0.787. The second kappa shape index (κ2) is 12.6. The molecule has 0 heterocycles. The molecule has 0 aromatic heterocycles. The van der Waals surface area contributed by atoms with E-state index in [-0.39, 0.29) is 6.42 Å². The molecular weight excluding hydrogens is 416 g/mol. The molecule has 0 unspecified atom stereocenters. The molecule has 0 saturated carbocycles. The van der Waals surface area contributed by atoms with Crippen LogP contribution in [0.15, 0.2) is 72.8 Å². The van der Waals surface area contributed by atoms with Crippen LogP contribution in [0.5, 0.6) is 5.75 Å². The van der Waals surface area contributed by atoms with Gasteiger partial charge in [-0.2, -0.15) is 0 Å². The second-order valence-corrected chi connectivity index (χ2v) is 8.23. The minimum Gasteiger partial charge on any atom is -0.489 e. The van der Waals surface area contributed by atoms with Gasteiger partial charge in [-0.15, -0.1) is 0 Å². The number of benzene rings is 3. The van der Waals surface area contributed by atoms with Crippen LogP contribution in [0.1, 0.15) is 28.7 Å². The van der Waals surface area contributed by atoms with E-state index in [0.29, 0.717) is 19.6 Å². The molecule has 2 N–H and O–H groups in total. The molecule has 174 valence electrons. The van der Waals surface area contributed by atoms with Gasteiger partial charge in [0.1, 0.15) is 12.4 Å². The Morgan fingerprint density at radius 1 is 0.939 bits per heavy atom. The highest BCUT2D eigenvalue weighted by Gasteiger charge is 2.06. The summed E-state index contributed by atoms with van der Waals surface area (Å²) in [6.45, 7) is 1.92. The fraction of sp³-hybridized carbons (Fsp3) is 0.296. The molecule has 33 heavy (non-hydrogen) atoms. The van der Waals surface area contributed by atoms with Crippen molar-refractivity contribution < 1.29 is 19.5 Å². The fourth-order valence-electron chi connectivity index (χ4n) is 3.35. The summed E-state index contributed by atoms with van der Waals surface area (Å²) in [5, 5.41) is 8.80. The summed E-state index contributed by atoms with van der Waals surface area (Å²) in [4.78, 5) is 18.4. The van der Waals surface area contributed by atoms with Crippen molar-refractivity contribution >= 4 is 11.7 Å². The predicted octanol–water partition coefficient (Wildman–Crippen LogP) is 4.78. The number of carboxylic acids is 1. The fourth-order valence-corrected chi connectivity index (χ4v) is 3.35. The minimum absolute atomic E-state index is 0.133. The van der Waals surface area contributed by atoms with Crippen LogP contribution in [0.4, 0.5) is 5.69 Å². The second-order valence-electron chi connectivity index (χ2n) is 8.23. The van der Waals surface area contributed by atoms with Crippen LogP contribution < -0.4 is 10.2 Å². The lowest BCUT2D eigenvalue weighted by Gasteiger charge is -2.14. The largest absolute Gasteiger partial charge is 0.489 e. The van der Waals surface area contributed by atoms with Crippen LogP contribution in [0.2, 0.25) is 0 Å². The SMILES string of the molecule is CN(C)CCONc1ccccc1Cc1cccc(COc2ccc(CCC(=O)O)cc2)c1. The van der Waals surface area contributed by atoms with E-state index in [0.717, 1.165) is 41.1 Å². The first-order chi connectivity index (χ1) is 16.0. The molecule has 0 radical (unpaired) electrons. The first kappa shape index (κ1) is 24.3. The van der Waals surface area contributed by atoms with Gasteiger partial charge in [-0.05, 0) is 67.4 Å². The Bertz CT molecular complexity index is 1020. The average molecular weight is 449 g/mol. The van der Waals surface area contributed by atoms with Gasteiger partial charge in [0.05, 0.1) is 12.3 Å². The van der Waals surface area contributed by atoms with Crippen molar-refractivity contribution in [2.45, 2.75) is 25.9 Å². The van der Waals surface area contributed by atoms with Crippen LogP contribution in [0.3, 0.4) is 0 Å². The van der Waals surface area contributed by atoms with Crippen molar-refractivity contribution in [2.75, 3.05) is 32.7 Å². The third-order valence-electron chi connectivity index (χ3n) is 5.18. The van der Waals surface area contributed by atoms with Crippen LogP contribution >= 0.6 is 0 Å². The number of ether oxygens (including phenoxy) is 1. The molecule has 0 atom stereocenters. The number of aliphatic carboxylic acids is 1. The summed E-state index contributed by atoms with van der Waals surface area (Å²) in [6.07, 6.45) is 1.44. The number of likely N-dealkylation sites (N-methyl/N-ethyl adjacent to an activating group) is 1. The number of aryl methyl sites for hydroxylation is 1. The number of para-hydroxylation sites is 1. The van der Waals surface area contributed by atoms with E-state index in [1.165, 1.54) is 5.56 Å². The molecule has 0 aliphatic rings. The number of rotatable bonds is 13. The number of nitrogens with zero attached hydrogens (tertiary/aromatic N) is 1. The number of nitrogens with one attached hydrogen (secondary N) is 1. The van der Waals surface area contributed by atoms with Crippen molar-refractivity contribution in [3.8, 4) is 5.75 Å². The Labute approximate surface area is 195 Å². The summed E-state index contributed by atoms with van der Waals surface area (Å²) in [5.74, 6) is -0.0191. The highest BCUT2D eigenvalue weighted by atomic mass is 16.6. The molecule has 6 nitrogen and oxygen atoms in total. The van der Waals surface area contributed by atoms with Crippen molar-refractivity contribution in [2.24, 2.45) is 0 Å². The van der Waals surface area contributed by atoms with E-state index in [4.69, 9.17) is 14.7 Å². The van der Waals surface area contributed by atoms with Crippen LogP contribution in [-0.4, -0.2) is 43.2 Å². The summed E-state index contributed by atoms with van der Waals surface area (Å²) in [5.41, 5.74) is 8.50. The molecule has 0 aliphatic carbocycles. The summed E-state index contributed by atoms with van der Waals surface area (Å²) >= 11 is 0. The van der Waals surface area contributed by atoms with Gasteiger partial charge in [0.15, 0.2) is 0 Å². The van der Waals surface area contributed by atoms with Crippen molar-refractivity contribution in [1.29, 1.82) is 0 Å². The summed E-state index contributed by atoms with van der Waals surface area (Å²) in [6, 6.07) is 24.1. The topological polar surface area (TPSA) is 71.0 Å². The molecular formula is C27H32N2O4. The molecule has 3 rings (SSSR count). The normalized spacial score (nSPS) is 10.9. The summed E-state index contributed by atoms with van der Waals surface area (Å²) < 4.78 is 5.93. The number of hydrogen-bond acceptors (Lipinski definition) is 5. The number of anilines is 1. The van der Waals surface area contributed by atoms with E-state index in [1.54, 1.807) is 0 Å². The highest BCUT2D eigenvalue weighted by Crippen LogP contribution is 2.21. The molecule has 3 aromatic rings. The molecule has 0 aliphatic heterocycles. The molecule has 0 bridgehead atoms. The smallest absolute Gasteiger partial charge is 0.303 e. The van der Waals surface area contributed by atoms with Crippen molar-refractivity contribution in [3.05, 3.63) is 95.1 Å². The van der Waals surface area contributed by atoms with Crippen LogP contribution in [-0.2, 0) is 29.1 Å². The van der Waals surface area contributed by atoms with Gasteiger partial charge in [0.25, 0.3) is 0 Å². The third kappa shape index (κ3) is 8.60. The lowest BCUT2D eigenvalue weighted by Crippen LogP contribution is -2.19. The Hall–Kier alpha value is -3.35. The van der Waals surface area contributed by atoms with Gasteiger partial charge in [-0.25, -0.2) is 0 Å². The highest BCUT2D eigenvalue weighted by molar-refractivity contribution is 5.67. The van der Waals surface area contributed by atoms with Gasteiger partial charge in [-0.1, -0.05) is 54.6 Å². The van der Waals surface area contributed by atoms with Gasteiger partial charge in [0, 0.05) is 13.0 Å². The van der Waals surface area contributed by atoms with Crippen LogP contribution in [0, 0.1) is 0 Å². The monoisotopic (exact) mass is 448 g/mol. The van der Waals surface area contributed by atoms with E-state index >= 15 is 0 Å². The van der Waals surface area contributed by atoms with Crippen LogP contribution in [0.25, 0.3) is 0 Å². The molecule has 0 saturated heterocycles. The number of carbonyl (C=O) groups is 1. The first-order valence-corrected chi connectivity index (χ1v) is 11.1. The molecule has 0 spiro atoms. The lowest BCUT2D eigenvalue weighted by molar-refractivity contribution is -0.136. The Kier molecular flexibility index (Phi) is 9.30. The standard InChI is InChI=1S/C27H32N2O4/c1-29(2)16-17-33-28-26-9-4-3-8-24(26)19-22-6-5-7-23(18-22)20-32-25-13-10-21(11-14-25)12-15-27(30)31/h3-11,13-14,18,28H,12,15-17,19-20H2,1-2H3,(H,30,31). The zero-order chi connectivity index (χ0) is 23.5. The average Bonchev–Trinajstić information content (AvgIpc) is 2.81. The quantitative estimate of drug-likeness (QED) is 0.290. The Balaban J connectivity index is 1.55. The van der Waals surface area contributed by atoms with E-state index in [2.05, 4.69) is 34.6 Å². The predicted molar refractivity (Wildman–Crippen MR) is 131 cm³/mol. The van der Waals surface area contributed by atoms with Gasteiger partial charge >= 0.3 is 5.97 Å². The maximum absolute atomic E-state index is 10.7. The Morgan fingerprint density at radius 3 is 2.45 bits per heavy atom. The number of carboxylic acid groups (broad SMARTS) is 1. The molecule has 0 amide bonds. The molecule has 0 fully saturated rings. The van der Waals surface area contributed by atoms with Gasteiger partial charge in [0.2, 0.25) is 0 Å². The van der Waals surface area contributed by atoms with E-state index in [9.17, 15) is 4.79 Å². The van der Waals surface area contributed by atoms with Gasteiger partial charge < -0.3 is 14.7 Å². The molecule has 3 aromatic carbocycles. The maximum atomic E-state index is 10.7. The van der Waals surface area contributed by atoms with Crippen molar-refractivity contribution in [1.82, 2.24) is 4.90 Å². The van der Waals surface area contributed by atoms with E-state index < -0.39 is 5.97 Å². The maximum Gasteiger partial charge on any atom is 0.303 e.